The van der Waals surface area contributed by atoms with Crippen LogP contribution in [0.15, 0.2) is 25.5 Å². The van der Waals surface area contributed by atoms with E-state index < -0.39 is 0 Å². The number of fused-ring (bicyclic) bond motifs is 1. The Bertz CT molecular complexity index is 516. The summed E-state index contributed by atoms with van der Waals surface area (Å²) in [5, 5.41) is 10.3. The first-order valence-electron chi connectivity index (χ1n) is 3.69. The van der Waals surface area contributed by atoms with E-state index in [1.807, 2.05) is 0 Å². The number of phenolic OH excluding ortho intramolecular Hbond substituents is 1. The van der Waals surface area contributed by atoms with Gasteiger partial charge in [0.25, 0.3) is 0 Å². The Hall–Kier alpha value is -0.810. The quantitative estimate of drug-likeness (QED) is 0.819. The maximum absolute atomic E-state index is 10.5. The summed E-state index contributed by atoms with van der Waals surface area (Å²) >= 11 is 6.48. The first kappa shape index (κ1) is 9.73. The Balaban J connectivity index is 2.90. The molecule has 5 heteroatoms. The van der Waals surface area contributed by atoms with Crippen molar-refractivity contribution >= 4 is 49.1 Å². The van der Waals surface area contributed by atoms with Crippen molar-refractivity contribution in [3.05, 3.63) is 26.8 Å². The Morgan fingerprint density at radius 3 is 2.64 bits per heavy atom. The van der Waals surface area contributed by atoms with Gasteiger partial charge in [-0.05, 0) is 44.0 Å². The van der Waals surface area contributed by atoms with Crippen molar-refractivity contribution in [3.63, 3.8) is 0 Å². The van der Waals surface area contributed by atoms with E-state index in [1.165, 1.54) is 0 Å². The summed E-state index contributed by atoms with van der Waals surface area (Å²) in [5.41, 5.74) is 0.299. The van der Waals surface area contributed by atoms with Crippen LogP contribution in [-0.2, 0) is 0 Å². The monoisotopic (exact) mass is 318 g/mol. The highest BCUT2D eigenvalue weighted by atomic mass is 79.9. The van der Waals surface area contributed by atoms with Crippen molar-refractivity contribution in [2.45, 2.75) is 0 Å². The molecule has 0 aliphatic rings. The molecule has 0 saturated carbocycles. The number of hydrogen-bond donors (Lipinski definition) is 1. The van der Waals surface area contributed by atoms with Gasteiger partial charge in [0.2, 0.25) is 0 Å². The molecule has 0 atom stereocenters. The molecule has 0 aliphatic carbocycles. The highest BCUT2D eigenvalue weighted by molar-refractivity contribution is 9.11. The largest absolute Gasteiger partial charge is 0.503 e. The SMILES string of the molecule is O=Cc1cc2c(Br)cc(Br)c(O)c2o1. The molecular weight excluding hydrogens is 316 g/mol. The van der Waals surface area contributed by atoms with Gasteiger partial charge in [0.15, 0.2) is 23.4 Å². The molecule has 14 heavy (non-hydrogen) atoms. The molecule has 2 aromatic rings. The third-order valence-corrected chi connectivity index (χ3v) is 3.08. The van der Waals surface area contributed by atoms with Crippen molar-refractivity contribution in [3.8, 4) is 5.75 Å². The fraction of sp³-hybridized carbons (Fsp3) is 0. The summed E-state index contributed by atoms with van der Waals surface area (Å²) in [5.74, 6) is 0.186. The molecular formula is C9H4Br2O3. The van der Waals surface area contributed by atoms with Crippen molar-refractivity contribution in [2.24, 2.45) is 0 Å². The molecule has 2 rings (SSSR count). The summed E-state index contributed by atoms with van der Waals surface area (Å²) in [6, 6.07) is 3.26. The third-order valence-electron chi connectivity index (χ3n) is 1.82. The number of aromatic hydroxyl groups is 1. The van der Waals surface area contributed by atoms with Crippen molar-refractivity contribution in [1.82, 2.24) is 0 Å². The maximum atomic E-state index is 10.5. The van der Waals surface area contributed by atoms with Crippen LogP contribution in [0.2, 0.25) is 0 Å². The van der Waals surface area contributed by atoms with Crippen LogP contribution < -0.4 is 0 Å². The number of halogens is 2. The molecule has 0 fully saturated rings. The minimum Gasteiger partial charge on any atom is -0.503 e. The van der Waals surface area contributed by atoms with E-state index >= 15 is 0 Å². The smallest absolute Gasteiger partial charge is 0.185 e. The van der Waals surface area contributed by atoms with Crippen LogP contribution in [0.3, 0.4) is 0 Å². The molecule has 0 bridgehead atoms. The van der Waals surface area contributed by atoms with E-state index in [1.54, 1.807) is 12.1 Å². The van der Waals surface area contributed by atoms with Crippen LogP contribution in [0, 0.1) is 0 Å². The fourth-order valence-corrected chi connectivity index (χ4v) is 2.43. The van der Waals surface area contributed by atoms with Crippen molar-refractivity contribution < 1.29 is 14.3 Å². The molecule has 0 radical (unpaired) electrons. The van der Waals surface area contributed by atoms with Gasteiger partial charge in [0, 0.05) is 9.86 Å². The molecule has 1 aromatic heterocycles. The summed E-state index contributed by atoms with van der Waals surface area (Å²) < 4.78 is 6.41. The predicted octanol–water partition coefficient (Wildman–Crippen LogP) is 3.48. The van der Waals surface area contributed by atoms with Gasteiger partial charge in [-0.3, -0.25) is 4.79 Å². The van der Waals surface area contributed by atoms with Crippen LogP contribution in [0.4, 0.5) is 0 Å². The highest BCUT2D eigenvalue weighted by Gasteiger charge is 2.13. The number of aldehydes is 1. The Morgan fingerprint density at radius 1 is 1.29 bits per heavy atom. The first-order chi connectivity index (χ1) is 6.63. The molecule has 0 spiro atoms. The van der Waals surface area contributed by atoms with Crippen molar-refractivity contribution in [2.75, 3.05) is 0 Å². The number of benzene rings is 1. The summed E-state index contributed by atoms with van der Waals surface area (Å²) in [6.07, 6.45) is 0.597. The second kappa shape index (κ2) is 3.40. The normalized spacial score (nSPS) is 10.7. The highest BCUT2D eigenvalue weighted by Crippen LogP contribution is 2.38. The molecule has 0 amide bonds. The molecule has 1 heterocycles. The number of carbonyl (C=O) groups excluding carboxylic acids is 1. The number of furan rings is 1. The van der Waals surface area contributed by atoms with Crippen LogP contribution in [-0.4, -0.2) is 11.4 Å². The van der Waals surface area contributed by atoms with E-state index in [-0.39, 0.29) is 11.5 Å². The molecule has 0 saturated heterocycles. The minimum absolute atomic E-state index is 0.00343. The Kier molecular flexibility index (Phi) is 2.36. The maximum Gasteiger partial charge on any atom is 0.185 e. The van der Waals surface area contributed by atoms with Crippen LogP contribution >= 0.6 is 31.9 Å². The standard InChI is InChI=1S/C9H4Br2O3/c10-6-2-7(11)8(13)9-5(6)1-4(3-12)14-9/h1-3,13H. The first-order valence-corrected chi connectivity index (χ1v) is 5.27. The van der Waals surface area contributed by atoms with E-state index in [9.17, 15) is 9.90 Å². The summed E-state index contributed by atoms with van der Waals surface area (Å²) in [6.45, 7) is 0. The van der Waals surface area contributed by atoms with Gasteiger partial charge in [0.1, 0.15) is 0 Å². The number of carbonyl (C=O) groups is 1. The van der Waals surface area contributed by atoms with Crippen molar-refractivity contribution in [1.29, 1.82) is 0 Å². The number of rotatable bonds is 1. The average Bonchev–Trinajstić information content (AvgIpc) is 2.58. The lowest BCUT2D eigenvalue weighted by Crippen LogP contribution is -1.72. The third kappa shape index (κ3) is 1.36. The molecule has 1 aromatic carbocycles. The van der Waals surface area contributed by atoms with Crippen LogP contribution in [0.1, 0.15) is 10.6 Å². The fourth-order valence-electron chi connectivity index (χ4n) is 1.19. The second-order valence-corrected chi connectivity index (χ2v) is 4.41. The van der Waals surface area contributed by atoms with Gasteiger partial charge in [-0.2, -0.15) is 0 Å². The Labute approximate surface area is 96.0 Å². The van der Waals surface area contributed by atoms with Crippen LogP contribution in [0.25, 0.3) is 11.0 Å². The van der Waals surface area contributed by atoms with Gasteiger partial charge < -0.3 is 9.52 Å². The molecule has 0 aliphatic heterocycles. The average molecular weight is 320 g/mol. The van der Waals surface area contributed by atoms with E-state index in [4.69, 9.17) is 4.42 Å². The topological polar surface area (TPSA) is 50.4 Å². The van der Waals surface area contributed by atoms with E-state index in [0.29, 0.717) is 21.7 Å². The number of hydrogen-bond acceptors (Lipinski definition) is 3. The molecule has 1 N–H and O–H groups in total. The molecule has 72 valence electrons. The van der Waals surface area contributed by atoms with Gasteiger partial charge in [-0.1, -0.05) is 0 Å². The lowest BCUT2D eigenvalue weighted by atomic mass is 10.2. The zero-order valence-electron chi connectivity index (χ0n) is 6.75. The van der Waals surface area contributed by atoms with E-state index in [2.05, 4.69) is 31.9 Å². The van der Waals surface area contributed by atoms with Gasteiger partial charge >= 0.3 is 0 Å². The number of phenols is 1. The minimum atomic E-state index is -0.00343. The van der Waals surface area contributed by atoms with Gasteiger partial charge in [-0.15, -0.1) is 0 Å². The van der Waals surface area contributed by atoms with Crippen LogP contribution in [0.5, 0.6) is 5.75 Å². The predicted molar refractivity (Wildman–Crippen MR) is 58.7 cm³/mol. The lowest BCUT2D eigenvalue weighted by molar-refractivity contribution is 0.110. The van der Waals surface area contributed by atoms with E-state index in [0.717, 1.165) is 4.47 Å². The van der Waals surface area contributed by atoms with Gasteiger partial charge in [0.05, 0.1) is 4.47 Å². The summed E-state index contributed by atoms with van der Waals surface area (Å²) in [4.78, 5) is 10.5. The summed E-state index contributed by atoms with van der Waals surface area (Å²) in [7, 11) is 0. The van der Waals surface area contributed by atoms with Gasteiger partial charge in [-0.25, -0.2) is 0 Å². The molecule has 0 unspecified atom stereocenters. The zero-order chi connectivity index (χ0) is 10.3. The lowest BCUT2D eigenvalue weighted by Gasteiger charge is -1.98. The molecule has 3 nitrogen and oxygen atoms in total. The Morgan fingerprint density at radius 2 is 2.00 bits per heavy atom. The second-order valence-electron chi connectivity index (χ2n) is 2.70. The zero-order valence-corrected chi connectivity index (χ0v) is 9.92.